The highest BCUT2D eigenvalue weighted by Crippen LogP contribution is 2.37. The van der Waals surface area contributed by atoms with E-state index in [2.05, 4.69) is 22.3 Å². The molecule has 0 unspecified atom stereocenters. The summed E-state index contributed by atoms with van der Waals surface area (Å²) in [6.07, 6.45) is 6.69. The number of amides is 1. The second kappa shape index (κ2) is 8.85. The van der Waals surface area contributed by atoms with E-state index in [0.717, 1.165) is 29.0 Å². The molecule has 0 radical (unpaired) electrons. The van der Waals surface area contributed by atoms with E-state index in [-0.39, 0.29) is 17.5 Å². The van der Waals surface area contributed by atoms with Gasteiger partial charge in [0.15, 0.2) is 0 Å². The molecule has 3 N–H and O–H groups in total. The van der Waals surface area contributed by atoms with Gasteiger partial charge in [0.05, 0.1) is 17.8 Å². The number of hydrogen-bond donors (Lipinski definition) is 2. The summed E-state index contributed by atoms with van der Waals surface area (Å²) >= 11 is 1.48. The molecule has 1 aliphatic rings. The van der Waals surface area contributed by atoms with Crippen molar-refractivity contribution in [2.45, 2.75) is 37.2 Å². The first-order chi connectivity index (χ1) is 14.6. The lowest BCUT2D eigenvalue weighted by atomic mass is 10.1. The fourth-order valence-electron chi connectivity index (χ4n) is 3.45. The number of nitrogens with zero attached hydrogens (tertiary/aromatic N) is 4. The summed E-state index contributed by atoms with van der Waals surface area (Å²) in [5.41, 5.74) is 8.95. The van der Waals surface area contributed by atoms with Gasteiger partial charge < -0.3 is 15.6 Å². The van der Waals surface area contributed by atoms with Crippen molar-refractivity contribution in [1.29, 1.82) is 0 Å². The van der Waals surface area contributed by atoms with Crippen molar-refractivity contribution in [1.82, 2.24) is 24.6 Å². The molecule has 1 atom stereocenters. The summed E-state index contributed by atoms with van der Waals surface area (Å²) in [6, 6.07) is 7.35. The van der Waals surface area contributed by atoms with Crippen LogP contribution in [0.1, 0.15) is 47.3 Å². The van der Waals surface area contributed by atoms with Crippen LogP contribution in [0, 0.1) is 0 Å². The largest absolute Gasteiger partial charge is 0.352 e. The Balaban J connectivity index is 1.64. The molecular formula is C21H24N6O2S. The minimum atomic E-state index is -0.359. The number of rotatable bonds is 7. The lowest BCUT2D eigenvalue weighted by Crippen LogP contribution is -2.32. The van der Waals surface area contributed by atoms with Crippen LogP contribution in [0.3, 0.4) is 0 Å². The van der Waals surface area contributed by atoms with Crippen LogP contribution in [0.4, 0.5) is 0 Å². The first kappa shape index (κ1) is 20.4. The van der Waals surface area contributed by atoms with E-state index >= 15 is 0 Å². The van der Waals surface area contributed by atoms with Crippen LogP contribution in [0.5, 0.6) is 0 Å². The zero-order valence-corrected chi connectivity index (χ0v) is 17.6. The summed E-state index contributed by atoms with van der Waals surface area (Å²) in [5, 5.41) is 7.07. The molecule has 4 rings (SSSR count). The van der Waals surface area contributed by atoms with E-state index in [1.807, 2.05) is 24.3 Å². The Morgan fingerprint density at radius 1 is 1.33 bits per heavy atom. The first-order valence-electron chi connectivity index (χ1n) is 9.96. The Bertz CT molecular complexity index is 1090. The van der Waals surface area contributed by atoms with Crippen molar-refractivity contribution < 1.29 is 4.79 Å². The molecule has 0 fully saturated rings. The average Bonchev–Trinajstić information content (AvgIpc) is 3.41. The number of nitrogens with one attached hydrogen (secondary N) is 1. The van der Waals surface area contributed by atoms with Gasteiger partial charge in [0.25, 0.3) is 11.5 Å². The number of carbonyl (C=O) groups excluding carboxylic acids is 1. The van der Waals surface area contributed by atoms with Gasteiger partial charge in [0, 0.05) is 35.0 Å². The monoisotopic (exact) mass is 424 g/mol. The number of nitrogens with two attached hydrogens (primary N) is 1. The third kappa shape index (κ3) is 4.03. The Kier molecular flexibility index (Phi) is 6.01. The van der Waals surface area contributed by atoms with E-state index in [0.29, 0.717) is 30.0 Å². The summed E-state index contributed by atoms with van der Waals surface area (Å²) in [5.74, 6) is 0.452. The molecule has 1 aliphatic heterocycles. The van der Waals surface area contributed by atoms with E-state index in [9.17, 15) is 9.59 Å². The zero-order valence-electron chi connectivity index (χ0n) is 16.7. The second-order valence-electron chi connectivity index (χ2n) is 7.25. The van der Waals surface area contributed by atoms with Crippen molar-refractivity contribution in [2.75, 3.05) is 12.3 Å². The lowest BCUT2D eigenvalue weighted by Gasteiger charge is -2.14. The predicted molar refractivity (Wildman–Crippen MR) is 116 cm³/mol. The number of fused-ring (bicyclic) bond motifs is 1. The van der Waals surface area contributed by atoms with Crippen LogP contribution in [-0.4, -0.2) is 37.5 Å². The molecule has 0 bridgehead atoms. The number of thioether (sulfide) groups is 1. The van der Waals surface area contributed by atoms with E-state index < -0.39 is 0 Å². The van der Waals surface area contributed by atoms with Crippen LogP contribution >= 0.6 is 11.8 Å². The van der Waals surface area contributed by atoms with Crippen LogP contribution < -0.4 is 16.6 Å². The van der Waals surface area contributed by atoms with E-state index in [1.165, 1.54) is 18.1 Å². The molecule has 0 saturated carbocycles. The first-order valence-corrected chi connectivity index (χ1v) is 10.9. The van der Waals surface area contributed by atoms with Gasteiger partial charge in [-0.15, -0.1) is 11.8 Å². The lowest BCUT2D eigenvalue weighted by molar-refractivity contribution is 0.0949. The van der Waals surface area contributed by atoms with E-state index in [1.54, 1.807) is 21.8 Å². The molecule has 30 heavy (non-hydrogen) atoms. The molecule has 9 heteroatoms. The van der Waals surface area contributed by atoms with Gasteiger partial charge in [0.2, 0.25) is 0 Å². The van der Waals surface area contributed by atoms with Gasteiger partial charge in [-0.25, -0.2) is 9.67 Å². The zero-order chi connectivity index (χ0) is 21.1. The highest BCUT2D eigenvalue weighted by atomic mass is 32.2. The number of carbonyl (C=O) groups is 1. The standard InChI is InChI=1S/C21H24N6O2S/c1-2-3-8-24-20(28)16-10-26(21(29)18-17(22)11-30-19(16)18)9-14-4-6-15(7-5-14)27-13-23-12-25-27/h4-7,10,12-13,17H,2-3,8-9,11,22H2,1H3,(H,24,28)/t17-/m0/s1. The molecule has 1 amide bonds. The summed E-state index contributed by atoms with van der Waals surface area (Å²) in [7, 11) is 0. The number of pyridine rings is 1. The van der Waals surface area contributed by atoms with Crippen molar-refractivity contribution in [3.05, 3.63) is 70.2 Å². The minimum absolute atomic E-state index is 0.132. The van der Waals surface area contributed by atoms with Gasteiger partial charge in [-0.1, -0.05) is 25.5 Å². The molecule has 0 spiro atoms. The highest BCUT2D eigenvalue weighted by Gasteiger charge is 2.29. The van der Waals surface area contributed by atoms with Crippen molar-refractivity contribution in [3.8, 4) is 5.69 Å². The van der Waals surface area contributed by atoms with Gasteiger partial charge in [-0.05, 0) is 24.1 Å². The van der Waals surface area contributed by atoms with Crippen LogP contribution in [-0.2, 0) is 6.54 Å². The molecule has 156 valence electrons. The smallest absolute Gasteiger partial charge is 0.256 e. The molecule has 0 saturated heterocycles. The summed E-state index contributed by atoms with van der Waals surface area (Å²) < 4.78 is 3.25. The minimum Gasteiger partial charge on any atom is -0.352 e. The van der Waals surface area contributed by atoms with Crippen molar-refractivity contribution in [3.63, 3.8) is 0 Å². The fourth-order valence-corrected chi connectivity index (χ4v) is 4.66. The Morgan fingerprint density at radius 3 is 2.83 bits per heavy atom. The van der Waals surface area contributed by atoms with Gasteiger partial charge in [0.1, 0.15) is 12.7 Å². The SMILES string of the molecule is CCCCNC(=O)c1cn(Cc2ccc(-n3cncn3)cc2)c(=O)c2c1SC[C@@H]2N. The molecular weight excluding hydrogens is 400 g/mol. The molecule has 8 nitrogen and oxygen atoms in total. The summed E-state index contributed by atoms with van der Waals surface area (Å²) in [4.78, 5) is 30.5. The summed E-state index contributed by atoms with van der Waals surface area (Å²) in [6.45, 7) is 3.05. The van der Waals surface area contributed by atoms with Crippen LogP contribution in [0.15, 0.2) is 52.8 Å². The Hall–Kier alpha value is -2.91. The fraction of sp³-hybridized carbons (Fsp3) is 0.333. The quantitative estimate of drug-likeness (QED) is 0.563. The van der Waals surface area contributed by atoms with Crippen molar-refractivity contribution >= 4 is 17.7 Å². The van der Waals surface area contributed by atoms with Crippen molar-refractivity contribution in [2.24, 2.45) is 5.73 Å². The molecule has 3 heterocycles. The third-order valence-corrected chi connectivity index (χ3v) is 6.33. The number of hydrogen-bond acceptors (Lipinski definition) is 6. The highest BCUT2D eigenvalue weighted by molar-refractivity contribution is 7.99. The third-order valence-electron chi connectivity index (χ3n) is 5.08. The molecule has 1 aromatic carbocycles. The Morgan fingerprint density at radius 2 is 2.13 bits per heavy atom. The number of benzene rings is 1. The van der Waals surface area contributed by atoms with E-state index in [4.69, 9.17) is 5.73 Å². The molecule has 3 aromatic rings. The van der Waals surface area contributed by atoms with Gasteiger partial charge in [-0.3, -0.25) is 9.59 Å². The van der Waals surface area contributed by atoms with Crippen LogP contribution in [0.25, 0.3) is 5.69 Å². The predicted octanol–water partition coefficient (Wildman–Crippen LogP) is 2.11. The normalized spacial score (nSPS) is 15.2. The maximum absolute atomic E-state index is 13.1. The van der Waals surface area contributed by atoms with Crippen LogP contribution in [0.2, 0.25) is 0 Å². The molecule has 2 aromatic heterocycles. The number of unbranched alkanes of at least 4 members (excludes halogenated alkanes) is 1. The topological polar surface area (TPSA) is 108 Å². The van der Waals surface area contributed by atoms with Gasteiger partial charge in [-0.2, -0.15) is 5.10 Å². The second-order valence-corrected chi connectivity index (χ2v) is 8.28. The molecule has 0 aliphatic carbocycles. The van der Waals surface area contributed by atoms with Gasteiger partial charge >= 0.3 is 0 Å². The Labute approximate surface area is 178 Å². The number of aromatic nitrogens is 4. The maximum Gasteiger partial charge on any atom is 0.256 e. The average molecular weight is 425 g/mol. The maximum atomic E-state index is 13.1.